The molecular formula is C73H39N11O2. The second-order valence-electron chi connectivity index (χ2n) is 20.8. The van der Waals surface area contributed by atoms with E-state index in [0.29, 0.717) is 44.8 Å². The van der Waals surface area contributed by atoms with Crippen LogP contribution in [-0.4, -0.2) is 24.1 Å². The number of nitrogens with zero attached hydrogens (tertiary/aromatic N) is 11. The predicted octanol–water partition coefficient (Wildman–Crippen LogP) is 17.7. The Hall–Kier alpha value is -12.8. The molecule has 0 unspecified atom stereocenters. The van der Waals surface area contributed by atoms with E-state index in [-0.39, 0.29) is 22.6 Å². The van der Waals surface area contributed by atoms with Crippen molar-refractivity contribution in [3.05, 3.63) is 260 Å². The first-order valence-corrected chi connectivity index (χ1v) is 27.6. The molecule has 0 saturated carbocycles. The van der Waals surface area contributed by atoms with Crippen molar-refractivity contribution in [2.24, 2.45) is 0 Å². The van der Waals surface area contributed by atoms with Crippen LogP contribution >= 0.6 is 0 Å². The lowest BCUT2D eigenvalue weighted by atomic mass is 9.84. The second kappa shape index (κ2) is 19.4. The zero-order chi connectivity index (χ0) is 57.6. The first kappa shape index (κ1) is 49.0. The van der Waals surface area contributed by atoms with Crippen LogP contribution in [-0.2, 0) is 0 Å². The van der Waals surface area contributed by atoms with Gasteiger partial charge in [-0.1, -0.05) is 84.9 Å². The molecule has 13 heteroatoms. The maximum atomic E-state index is 12.3. The smallest absolute Gasteiger partial charge is 0.151 e. The van der Waals surface area contributed by atoms with Gasteiger partial charge < -0.3 is 28.4 Å². The van der Waals surface area contributed by atoms with Crippen molar-refractivity contribution in [1.29, 1.82) is 21.0 Å². The number of rotatable bonds is 7. The number of anilines is 6. The Morgan fingerprint density at radius 1 is 0.314 bits per heavy atom. The first-order chi connectivity index (χ1) is 42.5. The minimum absolute atomic E-state index is 0.197. The Balaban J connectivity index is 1.07. The first-order valence-electron chi connectivity index (χ1n) is 27.6. The molecule has 0 amide bonds. The van der Waals surface area contributed by atoms with E-state index in [2.05, 4.69) is 138 Å². The van der Waals surface area contributed by atoms with Crippen LogP contribution in [0.15, 0.2) is 237 Å². The van der Waals surface area contributed by atoms with Gasteiger partial charge in [-0.05, 0) is 133 Å². The van der Waals surface area contributed by atoms with Gasteiger partial charge in [-0.3, -0.25) is 0 Å². The third-order valence-electron chi connectivity index (χ3n) is 16.2. The molecule has 0 bridgehead atoms. The number of para-hydroxylation sites is 10. The molecule has 2 aliphatic rings. The fourth-order valence-corrected chi connectivity index (χ4v) is 12.6. The Morgan fingerprint density at radius 3 is 1.00 bits per heavy atom. The van der Waals surface area contributed by atoms with Crippen molar-refractivity contribution in [2.45, 2.75) is 0 Å². The van der Waals surface area contributed by atoms with E-state index in [4.69, 9.17) is 14.5 Å². The van der Waals surface area contributed by atoms with Crippen molar-refractivity contribution in [2.75, 3.05) is 9.80 Å². The Morgan fingerprint density at radius 2 is 0.651 bits per heavy atom. The molecule has 86 heavy (non-hydrogen) atoms. The molecule has 13 nitrogen and oxygen atoms in total. The largest absolute Gasteiger partial charge is 0.453 e. The molecule has 7 heterocycles. The van der Waals surface area contributed by atoms with Crippen LogP contribution in [0.3, 0.4) is 0 Å². The predicted molar refractivity (Wildman–Crippen MR) is 333 cm³/mol. The van der Waals surface area contributed by atoms with Crippen LogP contribution < -0.4 is 19.3 Å². The molecule has 2 aliphatic heterocycles. The molecule has 14 aromatic rings. The van der Waals surface area contributed by atoms with Gasteiger partial charge >= 0.3 is 0 Å². The SMILES string of the molecule is N#Cc1ccc(-c2c(C#N)c(-c3ccc(C#N)nc3)c(-n3c4ccccc4c4cc(N5c6ccccc6Oc6ccccc65)ccc43)c(-c3ccc(C#N)nc3)c2-n2c3ccccc3c3cc(N4c5ccccc5Oc5ccccc54)ccc32)cn1. The summed E-state index contributed by atoms with van der Waals surface area (Å²) < 4.78 is 17.4. The highest BCUT2D eigenvalue weighted by molar-refractivity contribution is 6.16. The standard InChI is InChI=1S/C73H39N11O2/c74-37-47-28-25-44(41-78-47)69-56(40-77)70(45-26-29-48(38-75)79-42-45)73(84-58-16-4-2-14-53(58)55-36-51(32-34-60(55)84)82-63-19-7-11-23-67(63)86-68-24-12-8-20-64(68)82)71(46-27-30-49(39-76)80-43-46)72(69)83-57-15-3-1-13-52(57)54-35-50(31-33-59(54)83)81-61-17-5-9-21-65(61)85-66-22-10-6-18-62(66)81/h1-36,41-43H. The minimum atomic E-state index is 0.197. The molecular weight excluding hydrogens is 1060 g/mol. The summed E-state index contributed by atoms with van der Waals surface area (Å²) in [7, 11) is 0. The Labute approximate surface area is 491 Å². The summed E-state index contributed by atoms with van der Waals surface area (Å²) in [5.41, 5.74) is 14.1. The summed E-state index contributed by atoms with van der Waals surface area (Å²) in [4.78, 5) is 18.6. The highest BCUT2D eigenvalue weighted by atomic mass is 16.5. The van der Waals surface area contributed by atoms with Gasteiger partial charge in [0.2, 0.25) is 0 Å². The van der Waals surface area contributed by atoms with Gasteiger partial charge in [0.15, 0.2) is 23.0 Å². The number of nitriles is 4. The van der Waals surface area contributed by atoms with Crippen molar-refractivity contribution >= 4 is 77.7 Å². The summed E-state index contributed by atoms with van der Waals surface area (Å²) in [6, 6.07) is 81.3. The molecule has 9 aromatic carbocycles. The van der Waals surface area contributed by atoms with Gasteiger partial charge in [0.1, 0.15) is 41.4 Å². The lowest BCUT2D eigenvalue weighted by Crippen LogP contribution is -2.15. The van der Waals surface area contributed by atoms with E-state index < -0.39 is 0 Å². The van der Waals surface area contributed by atoms with Crippen molar-refractivity contribution in [3.8, 4) is 92.0 Å². The zero-order valence-corrected chi connectivity index (χ0v) is 45.3. The molecule has 0 saturated heterocycles. The number of hydrogen-bond donors (Lipinski definition) is 0. The fourth-order valence-electron chi connectivity index (χ4n) is 12.6. The summed E-state index contributed by atoms with van der Waals surface area (Å²) in [6.45, 7) is 0. The van der Waals surface area contributed by atoms with Gasteiger partial charge in [0.25, 0.3) is 0 Å². The van der Waals surface area contributed by atoms with E-state index in [1.54, 1.807) is 36.8 Å². The van der Waals surface area contributed by atoms with Gasteiger partial charge in [-0.25, -0.2) is 15.0 Å². The van der Waals surface area contributed by atoms with Crippen LogP contribution in [0.5, 0.6) is 23.0 Å². The fraction of sp³-hybridized carbons (Fsp3) is 0. The van der Waals surface area contributed by atoms with Crippen LogP contribution in [0.25, 0.3) is 88.4 Å². The molecule has 0 atom stereocenters. The number of pyridine rings is 3. The summed E-state index contributed by atoms with van der Waals surface area (Å²) >= 11 is 0. The Kier molecular flexibility index (Phi) is 11.1. The number of fused-ring (bicyclic) bond motifs is 10. The van der Waals surface area contributed by atoms with Gasteiger partial charge in [0, 0.05) is 84.9 Å². The average Bonchev–Trinajstić information content (AvgIpc) is 1.45. The van der Waals surface area contributed by atoms with Crippen LogP contribution in [0.4, 0.5) is 34.1 Å². The lowest BCUT2D eigenvalue weighted by Gasteiger charge is -2.33. The summed E-state index contributed by atoms with van der Waals surface area (Å²) in [6.07, 6.45) is 5.00. The molecule has 0 N–H and O–H groups in total. The van der Waals surface area contributed by atoms with Crippen LogP contribution in [0.2, 0.25) is 0 Å². The molecule has 0 spiro atoms. The summed E-state index contributed by atoms with van der Waals surface area (Å²) in [5, 5.41) is 46.7. The van der Waals surface area contributed by atoms with E-state index in [9.17, 15) is 21.0 Å². The van der Waals surface area contributed by atoms with E-state index >= 15 is 0 Å². The normalized spacial score (nSPS) is 12.0. The molecule has 0 aliphatic carbocycles. The van der Waals surface area contributed by atoms with Crippen LogP contribution in [0.1, 0.15) is 22.6 Å². The van der Waals surface area contributed by atoms with Crippen LogP contribution in [0, 0.1) is 45.3 Å². The second-order valence-corrected chi connectivity index (χ2v) is 20.8. The molecule has 0 radical (unpaired) electrons. The zero-order valence-electron chi connectivity index (χ0n) is 45.3. The quantitative estimate of drug-likeness (QED) is 0.149. The highest BCUT2D eigenvalue weighted by Gasteiger charge is 2.34. The Bertz CT molecular complexity index is 4980. The third kappa shape index (κ3) is 7.44. The maximum Gasteiger partial charge on any atom is 0.151 e. The third-order valence-corrected chi connectivity index (χ3v) is 16.2. The highest BCUT2D eigenvalue weighted by Crippen LogP contribution is 2.56. The topological polar surface area (TPSA) is 169 Å². The molecule has 0 fully saturated rings. The number of ether oxygens (including phenoxy) is 2. The number of hydrogen-bond acceptors (Lipinski definition) is 11. The van der Waals surface area contributed by atoms with Gasteiger partial charge in [-0.2, -0.15) is 21.0 Å². The maximum absolute atomic E-state index is 12.3. The van der Waals surface area contributed by atoms with Gasteiger partial charge in [0.05, 0.1) is 61.8 Å². The average molecular weight is 1100 g/mol. The van der Waals surface area contributed by atoms with Gasteiger partial charge in [-0.15, -0.1) is 0 Å². The number of benzene rings is 9. The summed E-state index contributed by atoms with van der Waals surface area (Å²) in [5.74, 6) is 2.90. The molecule has 5 aromatic heterocycles. The van der Waals surface area contributed by atoms with Crippen molar-refractivity contribution in [1.82, 2.24) is 24.1 Å². The van der Waals surface area contributed by atoms with E-state index in [1.165, 1.54) is 0 Å². The monoisotopic (exact) mass is 1100 g/mol. The van der Waals surface area contributed by atoms with Crippen molar-refractivity contribution < 1.29 is 9.47 Å². The minimum Gasteiger partial charge on any atom is -0.453 e. The van der Waals surface area contributed by atoms with E-state index in [0.717, 1.165) is 101 Å². The molecule has 398 valence electrons. The van der Waals surface area contributed by atoms with Crippen molar-refractivity contribution in [3.63, 3.8) is 0 Å². The number of aromatic nitrogens is 5. The molecule has 16 rings (SSSR count). The van der Waals surface area contributed by atoms with E-state index in [1.807, 2.05) is 115 Å². The lowest BCUT2D eigenvalue weighted by molar-refractivity contribution is 0.477.